The molecular weight excluding hydrogens is 318 g/mol. The number of benzene rings is 1. The Hall–Kier alpha value is -2.34. The van der Waals surface area contributed by atoms with E-state index in [-0.39, 0.29) is 12.0 Å². The summed E-state index contributed by atoms with van der Waals surface area (Å²) < 4.78 is 13.2. The Kier molecular flexibility index (Phi) is 6.06. The van der Waals surface area contributed by atoms with Crippen LogP contribution in [0.1, 0.15) is 31.2 Å². The fourth-order valence-corrected chi connectivity index (χ4v) is 2.79. The van der Waals surface area contributed by atoms with Gasteiger partial charge < -0.3 is 14.8 Å². The summed E-state index contributed by atoms with van der Waals surface area (Å²) in [5, 5.41) is 7.07. The van der Waals surface area contributed by atoms with E-state index in [1.807, 2.05) is 37.4 Å². The van der Waals surface area contributed by atoms with Crippen molar-refractivity contribution in [3.05, 3.63) is 42.2 Å². The van der Waals surface area contributed by atoms with Gasteiger partial charge in [0.15, 0.2) is 0 Å². The average Bonchev–Trinajstić information content (AvgIpc) is 3.06. The van der Waals surface area contributed by atoms with E-state index in [9.17, 15) is 4.79 Å². The maximum absolute atomic E-state index is 12.0. The molecule has 134 valence electrons. The van der Waals surface area contributed by atoms with E-state index in [1.165, 1.54) is 6.42 Å². The molecule has 1 aliphatic heterocycles. The third kappa shape index (κ3) is 5.60. The zero-order chi connectivity index (χ0) is 17.5. The highest BCUT2D eigenvalue weighted by Crippen LogP contribution is 2.18. The van der Waals surface area contributed by atoms with E-state index in [4.69, 9.17) is 9.47 Å². The first-order valence-electron chi connectivity index (χ1n) is 8.82. The number of aryl methyl sites for hydroxylation is 2. The number of aromatic nitrogens is 2. The molecule has 3 rings (SSSR count). The van der Waals surface area contributed by atoms with Crippen LogP contribution in [0, 0.1) is 6.92 Å². The molecule has 1 aromatic carbocycles. The molecule has 1 fully saturated rings. The van der Waals surface area contributed by atoms with Gasteiger partial charge in [-0.1, -0.05) is 0 Å². The van der Waals surface area contributed by atoms with E-state index in [0.29, 0.717) is 19.6 Å². The molecule has 1 N–H and O–H groups in total. The van der Waals surface area contributed by atoms with Crippen LogP contribution in [0.25, 0.3) is 0 Å². The van der Waals surface area contributed by atoms with Gasteiger partial charge >= 0.3 is 0 Å². The van der Waals surface area contributed by atoms with Crippen molar-refractivity contribution in [2.24, 2.45) is 0 Å². The van der Waals surface area contributed by atoms with Gasteiger partial charge in [-0.15, -0.1) is 0 Å². The molecule has 2 aromatic rings. The van der Waals surface area contributed by atoms with E-state index < -0.39 is 0 Å². The molecule has 0 saturated carbocycles. The molecule has 1 aromatic heterocycles. The number of ether oxygens (including phenoxy) is 2. The Morgan fingerprint density at radius 1 is 1.36 bits per heavy atom. The van der Waals surface area contributed by atoms with Gasteiger partial charge in [0.25, 0.3) is 0 Å². The van der Waals surface area contributed by atoms with Crippen LogP contribution in [-0.4, -0.2) is 35.0 Å². The average molecular weight is 343 g/mol. The van der Waals surface area contributed by atoms with Crippen molar-refractivity contribution in [3.63, 3.8) is 0 Å². The summed E-state index contributed by atoms with van der Waals surface area (Å²) in [7, 11) is 0. The lowest BCUT2D eigenvalue weighted by atomic mass is 10.1. The highest BCUT2D eigenvalue weighted by Gasteiger charge is 2.14. The number of nitrogens with one attached hydrogen (secondary N) is 1. The molecule has 6 heteroatoms. The van der Waals surface area contributed by atoms with Crippen LogP contribution in [-0.2, 0) is 16.1 Å². The molecular formula is C19H25N3O3. The minimum atomic E-state index is -0.0302. The Balaban J connectivity index is 1.41. The third-order valence-electron chi connectivity index (χ3n) is 4.18. The number of nitrogens with zero attached hydrogens (tertiary/aromatic N) is 2. The van der Waals surface area contributed by atoms with Gasteiger partial charge in [0, 0.05) is 31.5 Å². The summed E-state index contributed by atoms with van der Waals surface area (Å²) in [5.41, 5.74) is 1.86. The van der Waals surface area contributed by atoms with Crippen molar-refractivity contribution in [1.82, 2.24) is 9.78 Å². The predicted octanol–water partition coefficient (Wildman–Crippen LogP) is 3.17. The highest BCUT2D eigenvalue weighted by molar-refractivity contribution is 5.90. The quantitative estimate of drug-likeness (QED) is 0.839. The van der Waals surface area contributed by atoms with Crippen LogP contribution in [0.3, 0.4) is 0 Å². The fourth-order valence-electron chi connectivity index (χ4n) is 2.79. The lowest BCUT2D eigenvalue weighted by molar-refractivity contribution is -0.116. The van der Waals surface area contributed by atoms with Gasteiger partial charge in [0.2, 0.25) is 5.91 Å². The zero-order valence-corrected chi connectivity index (χ0v) is 14.6. The smallest absolute Gasteiger partial charge is 0.226 e. The molecule has 0 radical (unpaired) electrons. The van der Waals surface area contributed by atoms with E-state index >= 15 is 0 Å². The lowest BCUT2D eigenvalue weighted by Crippen LogP contribution is -2.25. The Morgan fingerprint density at radius 3 is 2.88 bits per heavy atom. The summed E-state index contributed by atoms with van der Waals surface area (Å²) in [5.74, 6) is 0.761. The monoisotopic (exact) mass is 343 g/mol. The Morgan fingerprint density at radius 2 is 2.20 bits per heavy atom. The molecule has 0 unspecified atom stereocenters. The van der Waals surface area contributed by atoms with Gasteiger partial charge in [-0.2, -0.15) is 5.10 Å². The summed E-state index contributed by atoms with van der Waals surface area (Å²) in [6, 6.07) is 7.45. The predicted molar refractivity (Wildman–Crippen MR) is 95.7 cm³/mol. The van der Waals surface area contributed by atoms with Crippen LogP contribution < -0.4 is 10.1 Å². The minimum absolute atomic E-state index is 0.0302. The SMILES string of the molecule is Cc1cnn(CCC(=O)Nc2ccc(OC[C@H]3CCCCO3)cc2)c1. The number of hydrogen-bond acceptors (Lipinski definition) is 4. The van der Waals surface area contributed by atoms with Crippen molar-refractivity contribution < 1.29 is 14.3 Å². The second-order valence-corrected chi connectivity index (χ2v) is 6.40. The highest BCUT2D eigenvalue weighted by atomic mass is 16.5. The van der Waals surface area contributed by atoms with Gasteiger partial charge in [-0.3, -0.25) is 9.48 Å². The molecule has 0 bridgehead atoms. The van der Waals surface area contributed by atoms with Crippen LogP contribution in [0.5, 0.6) is 5.75 Å². The second kappa shape index (κ2) is 8.67. The van der Waals surface area contributed by atoms with Crippen molar-refractivity contribution in [3.8, 4) is 5.75 Å². The Bertz CT molecular complexity index is 675. The molecule has 0 aliphatic carbocycles. The number of rotatable bonds is 7. The van der Waals surface area contributed by atoms with Crippen LogP contribution in [0.15, 0.2) is 36.7 Å². The number of carbonyl (C=O) groups is 1. The lowest BCUT2D eigenvalue weighted by Gasteiger charge is -2.22. The number of hydrogen-bond donors (Lipinski definition) is 1. The van der Waals surface area contributed by atoms with Gasteiger partial charge in [-0.25, -0.2) is 0 Å². The zero-order valence-electron chi connectivity index (χ0n) is 14.6. The number of anilines is 1. The standard InChI is InChI=1S/C19H25N3O3/c1-15-12-20-22(13-15)10-9-19(23)21-16-5-7-17(8-6-16)25-14-18-4-2-3-11-24-18/h5-8,12-13,18H,2-4,9-11,14H2,1H3,(H,21,23)/t18-/m1/s1. The molecule has 6 nitrogen and oxygen atoms in total. The summed E-state index contributed by atoms with van der Waals surface area (Å²) in [6.45, 7) is 3.96. The largest absolute Gasteiger partial charge is 0.491 e. The van der Waals surface area contributed by atoms with Crippen molar-refractivity contribution in [2.75, 3.05) is 18.5 Å². The summed E-state index contributed by atoms with van der Waals surface area (Å²) in [4.78, 5) is 12.0. The fraction of sp³-hybridized carbons (Fsp3) is 0.474. The van der Waals surface area contributed by atoms with E-state index in [2.05, 4.69) is 10.4 Å². The van der Waals surface area contributed by atoms with Gasteiger partial charge in [0.05, 0.1) is 12.3 Å². The van der Waals surface area contributed by atoms with Gasteiger partial charge in [0.1, 0.15) is 12.4 Å². The molecule has 1 aliphatic rings. The molecule has 2 heterocycles. The van der Waals surface area contributed by atoms with E-state index in [0.717, 1.165) is 36.4 Å². The molecule has 0 spiro atoms. The molecule has 1 atom stereocenters. The molecule has 1 amide bonds. The maximum atomic E-state index is 12.0. The first-order chi connectivity index (χ1) is 12.2. The van der Waals surface area contributed by atoms with Crippen LogP contribution in [0.2, 0.25) is 0 Å². The number of carbonyl (C=O) groups excluding carboxylic acids is 1. The van der Waals surface area contributed by atoms with Crippen molar-refractivity contribution in [1.29, 1.82) is 0 Å². The van der Waals surface area contributed by atoms with Crippen LogP contribution >= 0.6 is 0 Å². The Labute approximate surface area is 148 Å². The maximum Gasteiger partial charge on any atom is 0.226 e. The molecule has 25 heavy (non-hydrogen) atoms. The first-order valence-corrected chi connectivity index (χ1v) is 8.82. The first kappa shape index (κ1) is 17.5. The van der Waals surface area contributed by atoms with Crippen molar-refractivity contribution >= 4 is 11.6 Å². The van der Waals surface area contributed by atoms with Crippen LogP contribution in [0.4, 0.5) is 5.69 Å². The molecule has 1 saturated heterocycles. The van der Waals surface area contributed by atoms with Gasteiger partial charge in [-0.05, 0) is 56.0 Å². The van der Waals surface area contributed by atoms with E-state index in [1.54, 1.807) is 10.9 Å². The van der Waals surface area contributed by atoms with Crippen molar-refractivity contribution in [2.45, 2.75) is 45.3 Å². The summed E-state index contributed by atoms with van der Waals surface area (Å²) >= 11 is 0. The normalized spacial score (nSPS) is 17.2. The third-order valence-corrected chi connectivity index (χ3v) is 4.18. The summed E-state index contributed by atoms with van der Waals surface area (Å²) in [6.07, 6.45) is 7.70. The topological polar surface area (TPSA) is 65.4 Å². The minimum Gasteiger partial charge on any atom is -0.491 e. The second-order valence-electron chi connectivity index (χ2n) is 6.40. The number of amides is 1.